The summed E-state index contributed by atoms with van der Waals surface area (Å²) in [5.41, 5.74) is 0.964. The summed E-state index contributed by atoms with van der Waals surface area (Å²) >= 11 is 5.79. The molecule has 0 atom stereocenters. The van der Waals surface area contributed by atoms with Gasteiger partial charge in [-0.1, -0.05) is 23.7 Å². The Labute approximate surface area is 164 Å². The number of halogens is 1. The number of carbonyl (C=O) groups is 4. The maximum Gasteiger partial charge on any atom is 0.328 e. The lowest BCUT2D eigenvalue weighted by Gasteiger charge is -2.14. The van der Waals surface area contributed by atoms with Crippen molar-refractivity contribution in [3.63, 3.8) is 0 Å². The molecule has 1 heterocycles. The van der Waals surface area contributed by atoms with Crippen molar-refractivity contribution in [3.05, 3.63) is 64.7 Å². The van der Waals surface area contributed by atoms with E-state index in [0.29, 0.717) is 22.0 Å². The quantitative estimate of drug-likeness (QED) is 0.526. The summed E-state index contributed by atoms with van der Waals surface area (Å²) in [6, 6.07) is 12.2. The van der Waals surface area contributed by atoms with Gasteiger partial charge < -0.3 is 10.1 Å². The maximum atomic E-state index is 11.9. The van der Waals surface area contributed by atoms with Gasteiger partial charge in [0.15, 0.2) is 6.61 Å². The van der Waals surface area contributed by atoms with E-state index < -0.39 is 17.8 Å². The number of anilines is 1. The van der Waals surface area contributed by atoms with E-state index in [1.54, 1.807) is 48.5 Å². The summed E-state index contributed by atoms with van der Waals surface area (Å²) in [6.45, 7) is -0.198. The van der Waals surface area contributed by atoms with Gasteiger partial charge in [-0.3, -0.25) is 25.0 Å². The molecule has 1 aliphatic rings. The van der Waals surface area contributed by atoms with Gasteiger partial charge in [0, 0.05) is 10.7 Å². The molecule has 3 N–H and O–H groups in total. The van der Waals surface area contributed by atoms with E-state index >= 15 is 0 Å². The first-order valence-electron chi connectivity index (χ1n) is 8.07. The number of nitrogens with one attached hydrogen (secondary N) is 3. The molecule has 0 aromatic heterocycles. The Hall–Kier alpha value is -3.65. The van der Waals surface area contributed by atoms with Gasteiger partial charge in [0.1, 0.15) is 11.3 Å². The topological polar surface area (TPSA) is 114 Å². The van der Waals surface area contributed by atoms with Crippen LogP contribution in [0.2, 0.25) is 5.02 Å². The molecule has 0 bridgehead atoms. The fraction of sp³-hybridized carbons (Fsp3) is 0.0526. The molecule has 3 rings (SSSR count). The third-order valence-corrected chi connectivity index (χ3v) is 3.88. The van der Waals surface area contributed by atoms with Gasteiger partial charge in [0.25, 0.3) is 17.7 Å². The Morgan fingerprint density at radius 1 is 0.964 bits per heavy atom. The predicted octanol–water partition coefficient (Wildman–Crippen LogP) is 2.11. The normalized spacial score (nSPS) is 13.5. The van der Waals surface area contributed by atoms with Gasteiger partial charge >= 0.3 is 6.03 Å². The van der Waals surface area contributed by atoms with E-state index in [1.165, 1.54) is 6.08 Å². The summed E-state index contributed by atoms with van der Waals surface area (Å²) < 4.78 is 5.40. The van der Waals surface area contributed by atoms with Crippen molar-refractivity contribution in [1.82, 2.24) is 10.6 Å². The van der Waals surface area contributed by atoms with E-state index in [4.69, 9.17) is 16.3 Å². The van der Waals surface area contributed by atoms with Crippen molar-refractivity contribution >= 4 is 47.1 Å². The number of imide groups is 2. The maximum absolute atomic E-state index is 11.9. The van der Waals surface area contributed by atoms with Crippen LogP contribution in [0.5, 0.6) is 5.75 Å². The number of rotatable bonds is 5. The van der Waals surface area contributed by atoms with E-state index in [9.17, 15) is 19.2 Å². The molecule has 0 radical (unpaired) electrons. The molecule has 8 nitrogen and oxygen atoms in total. The summed E-state index contributed by atoms with van der Waals surface area (Å²) in [4.78, 5) is 46.3. The first-order valence-corrected chi connectivity index (χ1v) is 8.45. The molecule has 1 aliphatic heterocycles. The molecule has 0 unspecified atom stereocenters. The highest BCUT2D eigenvalue weighted by Crippen LogP contribution is 2.16. The van der Waals surface area contributed by atoms with E-state index in [-0.39, 0.29) is 18.1 Å². The number of barbiturate groups is 1. The van der Waals surface area contributed by atoms with Gasteiger partial charge in [0.2, 0.25) is 0 Å². The number of carbonyl (C=O) groups excluding carboxylic acids is 4. The number of ether oxygens (including phenoxy) is 1. The van der Waals surface area contributed by atoms with Gasteiger partial charge in [-0.05, 0) is 48.0 Å². The molecule has 2 aromatic rings. The highest BCUT2D eigenvalue weighted by Gasteiger charge is 2.27. The lowest BCUT2D eigenvalue weighted by atomic mass is 10.1. The van der Waals surface area contributed by atoms with Crippen molar-refractivity contribution < 1.29 is 23.9 Å². The first-order chi connectivity index (χ1) is 13.4. The SMILES string of the molecule is O=C(COc1ccc(C=C2C(=O)NC(=O)NC2=O)cc1)Nc1ccc(Cl)cc1. The second-order valence-electron chi connectivity index (χ2n) is 5.71. The predicted molar refractivity (Wildman–Crippen MR) is 102 cm³/mol. The molecule has 9 heteroatoms. The van der Waals surface area contributed by atoms with E-state index in [2.05, 4.69) is 5.32 Å². The Kier molecular flexibility index (Phi) is 5.71. The molecule has 5 amide bonds. The van der Waals surface area contributed by atoms with Gasteiger partial charge in [0.05, 0.1) is 0 Å². The monoisotopic (exact) mass is 399 g/mol. The third-order valence-electron chi connectivity index (χ3n) is 3.63. The Balaban J connectivity index is 1.57. The third kappa shape index (κ3) is 4.95. The minimum absolute atomic E-state index is 0.185. The summed E-state index contributed by atoms with van der Waals surface area (Å²) in [5.74, 6) is -1.45. The zero-order chi connectivity index (χ0) is 20.1. The fourth-order valence-corrected chi connectivity index (χ4v) is 2.44. The van der Waals surface area contributed by atoms with Crippen LogP contribution in [-0.4, -0.2) is 30.4 Å². The average Bonchev–Trinajstić information content (AvgIpc) is 2.66. The zero-order valence-corrected chi connectivity index (χ0v) is 15.1. The Morgan fingerprint density at radius 2 is 1.57 bits per heavy atom. The summed E-state index contributed by atoms with van der Waals surface area (Å²) in [5, 5.41) is 7.22. The van der Waals surface area contributed by atoms with Crippen molar-refractivity contribution in [2.75, 3.05) is 11.9 Å². The molecule has 142 valence electrons. The van der Waals surface area contributed by atoms with Gasteiger partial charge in [-0.15, -0.1) is 0 Å². The van der Waals surface area contributed by atoms with E-state index in [1.807, 2.05) is 10.6 Å². The largest absolute Gasteiger partial charge is 0.484 e. The molecule has 1 fully saturated rings. The molecule has 2 aromatic carbocycles. The molecule has 0 saturated carbocycles. The van der Waals surface area contributed by atoms with Crippen LogP contribution in [-0.2, 0) is 14.4 Å². The second-order valence-corrected chi connectivity index (χ2v) is 6.14. The average molecular weight is 400 g/mol. The standard InChI is InChI=1S/C19H14ClN3O5/c20-12-3-5-13(6-4-12)21-16(24)10-28-14-7-1-11(2-8-14)9-15-17(25)22-19(27)23-18(15)26/h1-9H,10H2,(H,21,24)(H2,22,23,25,26,27). The summed E-state index contributed by atoms with van der Waals surface area (Å²) in [7, 11) is 0. The first kappa shape index (κ1) is 19.1. The van der Waals surface area contributed by atoms with Crippen LogP contribution in [0.3, 0.4) is 0 Å². The van der Waals surface area contributed by atoms with Crippen LogP contribution < -0.4 is 20.7 Å². The smallest absolute Gasteiger partial charge is 0.328 e. The minimum atomic E-state index is -0.854. The van der Waals surface area contributed by atoms with Gasteiger partial charge in [-0.2, -0.15) is 0 Å². The van der Waals surface area contributed by atoms with E-state index in [0.717, 1.165) is 0 Å². The highest BCUT2D eigenvalue weighted by molar-refractivity contribution is 6.31. The number of urea groups is 1. The van der Waals surface area contributed by atoms with Crippen molar-refractivity contribution in [1.29, 1.82) is 0 Å². The number of amides is 5. The molecular weight excluding hydrogens is 386 g/mol. The molecular formula is C19H14ClN3O5. The number of benzene rings is 2. The fourth-order valence-electron chi connectivity index (χ4n) is 2.31. The van der Waals surface area contributed by atoms with Crippen LogP contribution in [0.4, 0.5) is 10.5 Å². The second kappa shape index (κ2) is 8.36. The van der Waals surface area contributed by atoms with Crippen molar-refractivity contribution in [2.45, 2.75) is 0 Å². The number of hydrogen-bond acceptors (Lipinski definition) is 5. The van der Waals surface area contributed by atoms with Crippen molar-refractivity contribution in [2.24, 2.45) is 0 Å². The minimum Gasteiger partial charge on any atom is -0.484 e. The Morgan fingerprint density at radius 3 is 2.18 bits per heavy atom. The van der Waals surface area contributed by atoms with Crippen LogP contribution in [0.1, 0.15) is 5.56 Å². The molecule has 0 aliphatic carbocycles. The lowest BCUT2D eigenvalue weighted by molar-refractivity contribution is -0.124. The molecule has 1 saturated heterocycles. The van der Waals surface area contributed by atoms with Crippen LogP contribution >= 0.6 is 11.6 Å². The van der Waals surface area contributed by atoms with Crippen LogP contribution in [0, 0.1) is 0 Å². The van der Waals surface area contributed by atoms with Crippen LogP contribution in [0.25, 0.3) is 6.08 Å². The number of hydrogen-bond donors (Lipinski definition) is 3. The summed E-state index contributed by atoms with van der Waals surface area (Å²) in [6.07, 6.45) is 1.34. The molecule has 0 spiro atoms. The van der Waals surface area contributed by atoms with Gasteiger partial charge in [-0.25, -0.2) is 4.79 Å². The van der Waals surface area contributed by atoms with Crippen molar-refractivity contribution in [3.8, 4) is 5.75 Å². The highest BCUT2D eigenvalue weighted by atomic mass is 35.5. The zero-order valence-electron chi connectivity index (χ0n) is 14.3. The Bertz CT molecular complexity index is 946. The van der Waals surface area contributed by atoms with Crippen LogP contribution in [0.15, 0.2) is 54.1 Å². The molecule has 28 heavy (non-hydrogen) atoms. The lowest BCUT2D eigenvalue weighted by Crippen LogP contribution is -2.51.